The van der Waals surface area contributed by atoms with Gasteiger partial charge < -0.3 is 14.8 Å². The van der Waals surface area contributed by atoms with Crippen molar-refractivity contribution in [3.63, 3.8) is 0 Å². The Morgan fingerprint density at radius 3 is 2.70 bits per heavy atom. The van der Waals surface area contributed by atoms with Gasteiger partial charge in [-0.05, 0) is 12.8 Å². The summed E-state index contributed by atoms with van der Waals surface area (Å²) in [6.07, 6.45) is 3.85. The van der Waals surface area contributed by atoms with Crippen LogP contribution in [0.15, 0.2) is 6.33 Å². The van der Waals surface area contributed by atoms with Crippen LogP contribution in [0.4, 0.5) is 0 Å². The fraction of sp³-hybridized carbons (Fsp3) is 0.769. The maximum absolute atomic E-state index is 11.7. The lowest BCUT2D eigenvalue weighted by Gasteiger charge is -2.32. The number of aromatic nitrogens is 3. The number of carbonyl (C=O) groups excluding carboxylic acids is 1. The van der Waals surface area contributed by atoms with E-state index in [1.807, 2.05) is 11.6 Å². The molecule has 1 aliphatic heterocycles. The van der Waals surface area contributed by atoms with Crippen molar-refractivity contribution >= 4 is 5.91 Å². The molecular weight excluding hydrogens is 256 g/mol. The van der Waals surface area contributed by atoms with Crippen LogP contribution < -0.4 is 5.32 Å². The molecule has 7 nitrogen and oxygen atoms in total. The quantitative estimate of drug-likeness (QED) is 0.784. The summed E-state index contributed by atoms with van der Waals surface area (Å²) in [7, 11) is 5.56. The zero-order valence-electron chi connectivity index (χ0n) is 12.5. The van der Waals surface area contributed by atoms with Crippen LogP contribution in [0.5, 0.6) is 0 Å². The summed E-state index contributed by atoms with van der Waals surface area (Å²) < 4.78 is 1.93. The van der Waals surface area contributed by atoms with Crippen LogP contribution in [0, 0.1) is 0 Å². The molecule has 1 aliphatic rings. The number of likely N-dealkylation sites (N-methyl/N-ethyl adjacent to an activating group) is 1. The number of nitrogens with one attached hydrogen (secondary N) is 1. The van der Waals surface area contributed by atoms with Gasteiger partial charge in [-0.25, -0.2) is 0 Å². The van der Waals surface area contributed by atoms with E-state index in [1.165, 1.54) is 0 Å². The Balaban J connectivity index is 1.69. The van der Waals surface area contributed by atoms with Crippen molar-refractivity contribution in [1.82, 2.24) is 29.9 Å². The lowest BCUT2D eigenvalue weighted by Crippen LogP contribution is -2.45. The van der Waals surface area contributed by atoms with Gasteiger partial charge in [0.05, 0.1) is 13.1 Å². The number of piperidine rings is 1. The zero-order chi connectivity index (χ0) is 14.5. The Morgan fingerprint density at radius 2 is 2.15 bits per heavy atom. The van der Waals surface area contributed by atoms with Gasteiger partial charge in [0.15, 0.2) is 0 Å². The van der Waals surface area contributed by atoms with Gasteiger partial charge in [-0.15, -0.1) is 10.2 Å². The van der Waals surface area contributed by atoms with E-state index in [9.17, 15) is 4.79 Å². The Bertz CT molecular complexity index is 436. The second-order valence-electron chi connectivity index (χ2n) is 5.58. The van der Waals surface area contributed by atoms with Crippen molar-refractivity contribution in [2.45, 2.75) is 25.4 Å². The number of hydrogen-bond acceptors (Lipinski definition) is 5. The minimum absolute atomic E-state index is 0.176. The first-order valence-electron chi connectivity index (χ1n) is 7.05. The van der Waals surface area contributed by atoms with Gasteiger partial charge in [-0.3, -0.25) is 9.69 Å². The van der Waals surface area contributed by atoms with E-state index in [0.717, 1.165) is 38.3 Å². The smallest absolute Gasteiger partial charge is 0.236 e. The Morgan fingerprint density at radius 1 is 1.45 bits per heavy atom. The molecule has 1 saturated heterocycles. The van der Waals surface area contributed by atoms with Crippen LogP contribution in [-0.4, -0.2) is 70.2 Å². The molecule has 0 aromatic carbocycles. The molecule has 112 valence electrons. The molecule has 0 saturated carbocycles. The molecule has 7 heteroatoms. The van der Waals surface area contributed by atoms with E-state index < -0.39 is 0 Å². The molecule has 1 aromatic rings. The maximum Gasteiger partial charge on any atom is 0.236 e. The van der Waals surface area contributed by atoms with Gasteiger partial charge in [0.1, 0.15) is 12.2 Å². The van der Waals surface area contributed by atoms with E-state index in [1.54, 1.807) is 25.3 Å². The van der Waals surface area contributed by atoms with E-state index in [4.69, 9.17) is 0 Å². The molecule has 1 N–H and O–H groups in total. The van der Waals surface area contributed by atoms with E-state index >= 15 is 0 Å². The topological polar surface area (TPSA) is 66.3 Å². The lowest BCUT2D eigenvalue weighted by atomic mass is 10.1. The van der Waals surface area contributed by atoms with Crippen LogP contribution in [0.2, 0.25) is 0 Å². The van der Waals surface area contributed by atoms with Gasteiger partial charge in [-0.1, -0.05) is 0 Å². The third kappa shape index (κ3) is 4.01. The summed E-state index contributed by atoms with van der Waals surface area (Å²) in [4.78, 5) is 15.5. The Labute approximate surface area is 119 Å². The highest BCUT2D eigenvalue weighted by Crippen LogP contribution is 2.10. The summed E-state index contributed by atoms with van der Waals surface area (Å²) in [5, 5.41) is 11.4. The van der Waals surface area contributed by atoms with Gasteiger partial charge >= 0.3 is 0 Å². The second kappa shape index (κ2) is 6.81. The second-order valence-corrected chi connectivity index (χ2v) is 5.58. The van der Waals surface area contributed by atoms with E-state index in [2.05, 4.69) is 20.4 Å². The van der Waals surface area contributed by atoms with Gasteiger partial charge in [0, 0.05) is 40.3 Å². The van der Waals surface area contributed by atoms with Crippen molar-refractivity contribution in [3.05, 3.63) is 12.2 Å². The predicted molar refractivity (Wildman–Crippen MR) is 76.0 cm³/mol. The molecule has 0 bridgehead atoms. The molecule has 1 aromatic heterocycles. The van der Waals surface area contributed by atoms with E-state index in [-0.39, 0.29) is 5.91 Å². The van der Waals surface area contributed by atoms with Gasteiger partial charge in [0.25, 0.3) is 0 Å². The van der Waals surface area contributed by atoms with Crippen molar-refractivity contribution in [2.24, 2.45) is 7.05 Å². The van der Waals surface area contributed by atoms with Crippen LogP contribution in [0.25, 0.3) is 0 Å². The van der Waals surface area contributed by atoms with Crippen molar-refractivity contribution < 1.29 is 4.79 Å². The molecule has 1 amide bonds. The highest BCUT2D eigenvalue weighted by molar-refractivity contribution is 5.77. The highest BCUT2D eigenvalue weighted by atomic mass is 16.2. The van der Waals surface area contributed by atoms with Crippen molar-refractivity contribution in [2.75, 3.05) is 33.7 Å². The Hall–Kier alpha value is -1.47. The Kier molecular flexibility index (Phi) is 5.08. The largest absolute Gasteiger partial charge is 0.348 e. The van der Waals surface area contributed by atoms with Crippen LogP contribution in [0.3, 0.4) is 0 Å². The normalized spacial score (nSPS) is 17.4. The van der Waals surface area contributed by atoms with Crippen LogP contribution >= 0.6 is 0 Å². The number of hydrogen-bond donors (Lipinski definition) is 1. The maximum atomic E-state index is 11.7. The first kappa shape index (κ1) is 14.9. The number of rotatable bonds is 5. The first-order chi connectivity index (χ1) is 9.56. The molecule has 2 rings (SSSR count). The van der Waals surface area contributed by atoms with E-state index in [0.29, 0.717) is 12.6 Å². The summed E-state index contributed by atoms with van der Waals surface area (Å²) in [6.45, 7) is 3.22. The third-order valence-electron chi connectivity index (χ3n) is 3.80. The molecular formula is C13H24N6O. The molecule has 0 atom stereocenters. The average Bonchev–Trinajstić information content (AvgIpc) is 2.83. The van der Waals surface area contributed by atoms with Crippen molar-refractivity contribution in [1.29, 1.82) is 0 Å². The molecule has 20 heavy (non-hydrogen) atoms. The molecule has 2 heterocycles. The summed E-state index contributed by atoms with van der Waals surface area (Å²) in [6, 6.07) is 0.498. The number of likely N-dealkylation sites (tertiary alicyclic amines) is 1. The zero-order valence-corrected chi connectivity index (χ0v) is 12.5. The standard InChI is InChI=1S/C13H24N6O/c1-17(2)13(20)9-19-6-4-11(5-7-19)14-8-12-16-15-10-18(12)3/h10-11,14H,4-9H2,1-3H3. The third-order valence-corrected chi connectivity index (χ3v) is 3.80. The number of nitrogens with zero attached hydrogens (tertiary/aromatic N) is 5. The lowest BCUT2D eigenvalue weighted by molar-refractivity contribution is -0.130. The average molecular weight is 280 g/mol. The molecule has 1 fully saturated rings. The molecule has 0 spiro atoms. The summed E-state index contributed by atoms with van der Waals surface area (Å²) >= 11 is 0. The molecule has 0 radical (unpaired) electrons. The van der Waals surface area contributed by atoms with Crippen LogP contribution in [0.1, 0.15) is 18.7 Å². The van der Waals surface area contributed by atoms with Crippen LogP contribution in [-0.2, 0) is 18.4 Å². The minimum atomic E-state index is 0.176. The van der Waals surface area contributed by atoms with Gasteiger partial charge in [0.2, 0.25) is 5.91 Å². The van der Waals surface area contributed by atoms with Gasteiger partial charge in [-0.2, -0.15) is 0 Å². The van der Waals surface area contributed by atoms with Crippen molar-refractivity contribution in [3.8, 4) is 0 Å². The summed E-state index contributed by atoms with van der Waals surface area (Å²) in [5.74, 6) is 1.13. The highest BCUT2D eigenvalue weighted by Gasteiger charge is 2.21. The number of carbonyl (C=O) groups is 1. The SMILES string of the molecule is CN(C)C(=O)CN1CCC(NCc2nncn2C)CC1. The monoisotopic (exact) mass is 280 g/mol. The first-order valence-corrected chi connectivity index (χ1v) is 7.05. The number of amides is 1. The minimum Gasteiger partial charge on any atom is -0.348 e. The fourth-order valence-corrected chi connectivity index (χ4v) is 2.33. The molecule has 0 aliphatic carbocycles. The summed E-state index contributed by atoms with van der Waals surface area (Å²) in [5.41, 5.74) is 0. The fourth-order valence-electron chi connectivity index (χ4n) is 2.33. The molecule has 0 unspecified atom stereocenters. The number of aryl methyl sites for hydroxylation is 1. The predicted octanol–water partition coefficient (Wildman–Crippen LogP) is -0.543.